The summed E-state index contributed by atoms with van der Waals surface area (Å²) in [7, 11) is -4.13. The van der Waals surface area contributed by atoms with Gasteiger partial charge in [-0.05, 0) is 26.0 Å². The molecule has 96 valence electrons. The van der Waals surface area contributed by atoms with Gasteiger partial charge in [0.25, 0.3) is 0 Å². The fraction of sp³-hybridized carbons (Fsp3) is 0.400. The van der Waals surface area contributed by atoms with Crippen LogP contribution in [0, 0.1) is 11.6 Å². The molecular weight excluding hydrogens is 252 g/mol. The second-order valence-electron chi connectivity index (χ2n) is 4.22. The third-order valence-electron chi connectivity index (χ3n) is 1.99. The Labute approximate surface area is 98.3 Å². The summed E-state index contributed by atoms with van der Waals surface area (Å²) >= 11 is 0. The van der Waals surface area contributed by atoms with Gasteiger partial charge in [-0.25, -0.2) is 21.9 Å². The maximum absolute atomic E-state index is 13.3. The van der Waals surface area contributed by atoms with Gasteiger partial charge in [-0.1, -0.05) is 0 Å². The highest BCUT2D eigenvalue weighted by molar-refractivity contribution is 7.89. The van der Waals surface area contributed by atoms with E-state index in [1.165, 1.54) is 13.8 Å². The Kier molecular flexibility index (Phi) is 3.85. The summed E-state index contributed by atoms with van der Waals surface area (Å²) in [4.78, 5) is -0.652. The van der Waals surface area contributed by atoms with Crippen LogP contribution in [0.3, 0.4) is 0 Å². The zero-order valence-electron chi connectivity index (χ0n) is 9.37. The number of hydrogen-bond acceptors (Lipinski definition) is 3. The van der Waals surface area contributed by atoms with Gasteiger partial charge in [0, 0.05) is 6.07 Å². The molecule has 0 aliphatic heterocycles. The smallest absolute Gasteiger partial charge is 0.244 e. The number of hydrogen-bond donors (Lipinski definition) is 2. The van der Waals surface area contributed by atoms with Crippen molar-refractivity contribution in [2.24, 2.45) is 0 Å². The van der Waals surface area contributed by atoms with E-state index in [9.17, 15) is 17.2 Å². The fourth-order valence-corrected chi connectivity index (χ4v) is 2.61. The second-order valence-corrected chi connectivity index (χ2v) is 5.87. The average Bonchev–Trinajstić information content (AvgIpc) is 2.15. The van der Waals surface area contributed by atoms with Crippen molar-refractivity contribution in [3.8, 4) is 0 Å². The van der Waals surface area contributed by atoms with E-state index in [0.29, 0.717) is 6.07 Å². The zero-order chi connectivity index (χ0) is 13.3. The molecule has 0 spiro atoms. The van der Waals surface area contributed by atoms with Crippen LogP contribution >= 0.6 is 0 Å². The van der Waals surface area contributed by atoms with Crippen LogP contribution in [0.15, 0.2) is 23.1 Å². The standard InChI is InChI=1S/C10H13F2NO3S/c1-10(2,6-14)13-17(15,16)9-4-3-7(11)5-8(9)12/h3-5,13-14H,6H2,1-2H3. The number of sulfonamides is 1. The van der Waals surface area contributed by atoms with E-state index in [2.05, 4.69) is 4.72 Å². The van der Waals surface area contributed by atoms with Crippen LogP contribution in [-0.2, 0) is 10.0 Å². The van der Waals surface area contributed by atoms with E-state index in [0.717, 1.165) is 12.1 Å². The molecule has 1 rings (SSSR count). The molecular formula is C10H13F2NO3S. The largest absolute Gasteiger partial charge is 0.394 e. The SMILES string of the molecule is CC(C)(CO)NS(=O)(=O)c1ccc(F)cc1F. The summed E-state index contributed by atoms with van der Waals surface area (Å²) < 4.78 is 51.6. The first kappa shape index (κ1) is 14.0. The molecule has 0 saturated carbocycles. The number of benzene rings is 1. The Bertz CT molecular complexity index is 514. The lowest BCUT2D eigenvalue weighted by Gasteiger charge is -2.23. The number of halogens is 2. The van der Waals surface area contributed by atoms with Crippen LogP contribution in [0.25, 0.3) is 0 Å². The van der Waals surface area contributed by atoms with E-state index in [1.54, 1.807) is 0 Å². The maximum Gasteiger partial charge on any atom is 0.244 e. The highest BCUT2D eigenvalue weighted by Gasteiger charge is 2.27. The van der Waals surface area contributed by atoms with Crippen molar-refractivity contribution in [1.29, 1.82) is 0 Å². The molecule has 0 atom stereocenters. The Balaban J connectivity index is 3.14. The van der Waals surface area contributed by atoms with Gasteiger partial charge in [-0.2, -0.15) is 0 Å². The maximum atomic E-state index is 13.3. The van der Waals surface area contributed by atoms with Crippen molar-refractivity contribution in [3.05, 3.63) is 29.8 Å². The van der Waals surface area contributed by atoms with Crippen LogP contribution < -0.4 is 4.72 Å². The Hall–Kier alpha value is -1.05. The minimum atomic E-state index is -4.13. The molecule has 0 saturated heterocycles. The van der Waals surface area contributed by atoms with Crippen molar-refractivity contribution in [1.82, 2.24) is 4.72 Å². The molecule has 4 nitrogen and oxygen atoms in total. The molecule has 0 unspecified atom stereocenters. The quantitative estimate of drug-likeness (QED) is 0.854. The van der Waals surface area contributed by atoms with E-state index in [4.69, 9.17) is 5.11 Å². The van der Waals surface area contributed by atoms with Crippen LogP contribution in [0.2, 0.25) is 0 Å². The molecule has 1 aromatic rings. The summed E-state index contributed by atoms with van der Waals surface area (Å²) in [5.74, 6) is -2.03. The second kappa shape index (κ2) is 4.67. The molecule has 0 heterocycles. The molecule has 1 aromatic carbocycles. The lowest BCUT2D eigenvalue weighted by molar-refractivity contribution is 0.208. The van der Waals surface area contributed by atoms with Crippen molar-refractivity contribution >= 4 is 10.0 Å². The van der Waals surface area contributed by atoms with Gasteiger partial charge < -0.3 is 5.11 Å². The highest BCUT2D eigenvalue weighted by atomic mass is 32.2. The third-order valence-corrected chi connectivity index (χ3v) is 3.72. The van der Waals surface area contributed by atoms with Gasteiger partial charge in [0.1, 0.15) is 16.5 Å². The molecule has 0 bridgehead atoms. The van der Waals surface area contributed by atoms with Gasteiger partial charge in [-0.15, -0.1) is 0 Å². The van der Waals surface area contributed by atoms with Crippen molar-refractivity contribution < 1.29 is 22.3 Å². The van der Waals surface area contributed by atoms with Gasteiger partial charge in [-0.3, -0.25) is 0 Å². The van der Waals surface area contributed by atoms with Crippen molar-refractivity contribution in [2.45, 2.75) is 24.3 Å². The lowest BCUT2D eigenvalue weighted by Crippen LogP contribution is -2.46. The summed E-state index contributed by atoms with van der Waals surface area (Å²) in [6, 6.07) is 2.17. The molecule has 7 heteroatoms. The first-order valence-electron chi connectivity index (χ1n) is 4.78. The number of aliphatic hydroxyl groups excluding tert-OH is 1. The van der Waals surface area contributed by atoms with Crippen LogP contribution in [0.1, 0.15) is 13.8 Å². The Morgan fingerprint density at radius 1 is 1.35 bits per heavy atom. The molecule has 0 radical (unpaired) electrons. The molecule has 17 heavy (non-hydrogen) atoms. The summed E-state index contributed by atoms with van der Waals surface area (Å²) in [5, 5.41) is 8.94. The van der Waals surface area contributed by atoms with Crippen molar-refractivity contribution in [2.75, 3.05) is 6.61 Å². The Morgan fingerprint density at radius 3 is 2.41 bits per heavy atom. The summed E-state index contributed by atoms with van der Waals surface area (Å²) in [6.45, 7) is 2.42. The average molecular weight is 265 g/mol. The minimum Gasteiger partial charge on any atom is -0.394 e. The first-order chi connectivity index (χ1) is 7.68. The predicted octanol–water partition coefficient (Wildman–Crippen LogP) is 1.01. The van der Waals surface area contributed by atoms with E-state index >= 15 is 0 Å². The number of rotatable bonds is 4. The van der Waals surface area contributed by atoms with E-state index in [1.807, 2.05) is 0 Å². The predicted molar refractivity (Wildman–Crippen MR) is 57.8 cm³/mol. The van der Waals surface area contributed by atoms with Crippen molar-refractivity contribution in [3.63, 3.8) is 0 Å². The fourth-order valence-electron chi connectivity index (χ4n) is 1.14. The molecule has 0 fully saturated rings. The molecule has 0 amide bonds. The molecule has 2 N–H and O–H groups in total. The minimum absolute atomic E-state index is 0.449. The molecule has 0 aliphatic carbocycles. The Morgan fingerprint density at radius 2 is 1.94 bits per heavy atom. The van der Waals surface area contributed by atoms with Crippen LogP contribution in [0.5, 0.6) is 0 Å². The topological polar surface area (TPSA) is 66.4 Å². The van der Waals surface area contributed by atoms with Crippen LogP contribution in [0.4, 0.5) is 8.78 Å². The first-order valence-corrected chi connectivity index (χ1v) is 6.26. The summed E-state index contributed by atoms with van der Waals surface area (Å²) in [6.07, 6.45) is 0. The van der Waals surface area contributed by atoms with E-state index < -0.39 is 38.7 Å². The van der Waals surface area contributed by atoms with Gasteiger partial charge in [0.2, 0.25) is 10.0 Å². The normalized spacial score (nSPS) is 12.8. The summed E-state index contributed by atoms with van der Waals surface area (Å²) in [5.41, 5.74) is -1.13. The monoisotopic (exact) mass is 265 g/mol. The van der Waals surface area contributed by atoms with Gasteiger partial charge in [0.05, 0.1) is 12.1 Å². The van der Waals surface area contributed by atoms with E-state index in [-0.39, 0.29) is 0 Å². The zero-order valence-corrected chi connectivity index (χ0v) is 10.2. The third kappa shape index (κ3) is 3.45. The van der Waals surface area contributed by atoms with Gasteiger partial charge in [0.15, 0.2) is 0 Å². The van der Waals surface area contributed by atoms with Gasteiger partial charge >= 0.3 is 0 Å². The lowest BCUT2D eigenvalue weighted by atomic mass is 10.1. The molecule has 0 aliphatic rings. The molecule has 0 aromatic heterocycles. The highest BCUT2D eigenvalue weighted by Crippen LogP contribution is 2.17. The number of aliphatic hydroxyl groups is 1. The van der Waals surface area contributed by atoms with Crippen LogP contribution in [-0.4, -0.2) is 25.7 Å². The number of nitrogens with one attached hydrogen (secondary N) is 1.